The third kappa shape index (κ3) is 4.47. The highest BCUT2D eigenvalue weighted by Crippen LogP contribution is 2.44. The number of rotatable bonds is 8. The van der Waals surface area contributed by atoms with Crippen molar-refractivity contribution in [3.8, 4) is 22.3 Å². The Morgan fingerprint density at radius 1 is 0.738 bits per heavy atom. The largest absolute Gasteiger partial charge is 0.364 e. The van der Waals surface area contributed by atoms with Crippen LogP contribution in [0.5, 0.6) is 0 Å². The van der Waals surface area contributed by atoms with Crippen LogP contribution in [0.1, 0.15) is 44.9 Å². The van der Waals surface area contributed by atoms with Gasteiger partial charge in [0.05, 0.1) is 12.0 Å². The zero-order chi connectivity index (χ0) is 29.3. The minimum absolute atomic E-state index is 0.107. The number of hydrogen-bond acceptors (Lipinski definition) is 4. The Balaban J connectivity index is 1.65. The molecular weight excluding hydrogens is 516 g/mol. The molecule has 6 aromatic rings. The number of nitrogens with one attached hydrogen (secondary N) is 2. The molecule has 1 heterocycles. The van der Waals surface area contributed by atoms with E-state index in [1.54, 1.807) is 11.2 Å². The van der Waals surface area contributed by atoms with Crippen LogP contribution in [0.15, 0.2) is 114 Å². The van der Waals surface area contributed by atoms with Gasteiger partial charge < -0.3 is 4.52 Å². The first-order valence-electron chi connectivity index (χ1n) is 14.4. The van der Waals surface area contributed by atoms with Crippen LogP contribution in [0, 0.1) is 10.8 Å². The Bertz CT molecular complexity index is 1820. The van der Waals surface area contributed by atoms with Gasteiger partial charge in [0.1, 0.15) is 6.26 Å². The lowest BCUT2D eigenvalue weighted by Gasteiger charge is -2.29. The van der Waals surface area contributed by atoms with Crippen molar-refractivity contribution in [3.05, 3.63) is 121 Å². The number of hydrogen-bond donors (Lipinski definition) is 2. The number of benzene rings is 5. The fraction of sp³-hybridized carbons (Fsp3) is 0.162. The monoisotopic (exact) mass is 550 g/mol. The minimum Gasteiger partial charge on any atom is -0.364 e. The molecule has 0 radical (unpaired) electrons. The highest BCUT2D eigenvalue weighted by atomic mass is 16.5. The maximum absolute atomic E-state index is 9.51. The predicted molar refractivity (Wildman–Crippen MR) is 175 cm³/mol. The molecule has 2 N–H and O–H groups in total. The van der Waals surface area contributed by atoms with Gasteiger partial charge in [-0.25, -0.2) is 0 Å². The summed E-state index contributed by atoms with van der Waals surface area (Å²) in [7, 11) is 0. The van der Waals surface area contributed by atoms with Crippen LogP contribution in [-0.2, 0) is 5.41 Å². The molecule has 0 aliphatic heterocycles. The molecule has 0 saturated heterocycles. The number of aromatic nitrogens is 1. The third-order valence-electron chi connectivity index (χ3n) is 8.81. The van der Waals surface area contributed by atoms with Crippen molar-refractivity contribution in [1.29, 1.82) is 10.8 Å². The minimum atomic E-state index is -0.205. The molecule has 0 spiro atoms. The second kappa shape index (κ2) is 11.1. The average Bonchev–Trinajstić information content (AvgIpc) is 3.55. The normalized spacial score (nSPS) is 11.6. The molecule has 0 saturated carbocycles. The molecule has 0 aliphatic rings. The SMILES string of the molecule is CCC(C)(CC)c1conc1C(=N)N(C=N)c1c(-c2cccc3ccccc23)cccc1-c1cccc2ccccc12. The van der Waals surface area contributed by atoms with Crippen LogP contribution < -0.4 is 4.90 Å². The Hall–Kier alpha value is -5.03. The van der Waals surface area contributed by atoms with E-state index in [9.17, 15) is 5.41 Å². The fourth-order valence-electron chi connectivity index (χ4n) is 5.98. The smallest absolute Gasteiger partial charge is 0.160 e. The van der Waals surface area contributed by atoms with Gasteiger partial charge in [0.2, 0.25) is 0 Å². The molecular formula is C37H34N4O. The topological polar surface area (TPSA) is 77.0 Å². The van der Waals surface area contributed by atoms with Crippen molar-refractivity contribution >= 4 is 39.4 Å². The number of para-hydroxylation sites is 1. The average molecular weight is 551 g/mol. The van der Waals surface area contributed by atoms with Crippen molar-refractivity contribution in [2.75, 3.05) is 4.90 Å². The van der Waals surface area contributed by atoms with E-state index in [2.05, 4.69) is 117 Å². The van der Waals surface area contributed by atoms with Crippen LogP contribution in [0.4, 0.5) is 5.69 Å². The maximum atomic E-state index is 9.51. The zero-order valence-corrected chi connectivity index (χ0v) is 24.2. The van der Waals surface area contributed by atoms with E-state index in [-0.39, 0.29) is 11.3 Å². The van der Waals surface area contributed by atoms with Crippen LogP contribution in [-0.4, -0.2) is 17.3 Å². The van der Waals surface area contributed by atoms with E-state index in [4.69, 9.17) is 9.93 Å². The van der Waals surface area contributed by atoms with Crippen molar-refractivity contribution in [1.82, 2.24) is 5.16 Å². The first-order valence-corrected chi connectivity index (χ1v) is 14.4. The molecule has 5 heteroatoms. The maximum Gasteiger partial charge on any atom is 0.160 e. The van der Waals surface area contributed by atoms with Crippen molar-refractivity contribution < 1.29 is 4.52 Å². The molecule has 0 amide bonds. The molecule has 0 bridgehead atoms. The summed E-state index contributed by atoms with van der Waals surface area (Å²) < 4.78 is 5.50. The molecule has 42 heavy (non-hydrogen) atoms. The van der Waals surface area contributed by atoms with Crippen molar-refractivity contribution in [2.24, 2.45) is 0 Å². The highest BCUT2D eigenvalue weighted by Gasteiger charge is 2.32. The van der Waals surface area contributed by atoms with E-state index in [0.717, 1.165) is 67.9 Å². The second-order valence-corrected chi connectivity index (χ2v) is 10.9. The number of nitrogens with zero attached hydrogens (tertiary/aromatic N) is 2. The van der Waals surface area contributed by atoms with E-state index in [1.165, 1.54) is 6.34 Å². The molecule has 5 aromatic carbocycles. The summed E-state index contributed by atoms with van der Waals surface area (Å²) in [6.45, 7) is 6.47. The molecule has 0 atom stereocenters. The molecule has 6 rings (SSSR count). The number of amidine groups is 1. The summed E-state index contributed by atoms with van der Waals surface area (Å²) in [4.78, 5) is 1.65. The summed E-state index contributed by atoms with van der Waals surface area (Å²) in [5.74, 6) is 0.107. The van der Waals surface area contributed by atoms with Crippen molar-refractivity contribution in [3.63, 3.8) is 0 Å². The summed E-state index contributed by atoms with van der Waals surface area (Å²) in [6.07, 6.45) is 4.66. The Kier molecular flexibility index (Phi) is 7.17. The van der Waals surface area contributed by atoms with Crippen LogP contribution >= 0.6 is 0 Å². The Morgan fingerprint density at radius 3 is 1.74 bits per heavy atom. The summed E-state index contributed by atoms with van der Waals surface area (Å²) in [6, 6.07) is 35.5. The summed E-state index contributed by atoms with van der Waals surface area (Å²) in [5.41, 5.74) is 5.85. The van der Waals surface area contributed by atoms with Gasteiger partial charge in [-0.05, 0) is 50.9 Å². The van der Waals surface area contributed by atoms with E-state index in [1.807, 2.05) is 12.1 Å². The number of fused-ring (bicyclic) bond motifs is 2. The first kappa shape index (κ1) is 27.2. The Morgan fingerprint density at radius 2 is 1.21 bits per heavy atom. The van der Waals surface area contributed by atoms with E-state index < -0.39 is 0 Å². The van der Waals surface area contributed by atoms with Gasteiger partial charge in [0, 0.05) is 16.7 Å². The Labute approximate surface area is 246 Å². The lowest BCUT2D eigenvalue weighted by atomic mass is 9.78. The first-order chi connectivity index (χ1) is 20.5. The molecule has 208 valence electrons. The lowest BCUT2D eigenvalue weighted by molar-refractivity contribution is 0.404. The highest BCUT2D eigenvalue weighted by molar-refractivity contribution is 6.22. The zero-order valence-electron chi connectivity index (χ0n) is 24.2. The van der Waals surface area contributed by atoms with Crippen LogP contribution in [0.3, 0.4) is 0 Å². The molecule has 0 aliphatic carbocycles. The quantitative estimate of drug-likeness (QED) is 0.146. The van der Waals surface area contributed by atoms with Gasteiger partial charge in [0.25, 0.3) is 0 Å². The van der Waals surface area contributed by atoms with E-state index >= 15 is 0 Å². The van der Waals surface area contributed by atoms with Gasteiger partial charge >= 0.3 is 0 Å². The molecule has 5 nitrogen and oxygen atoms in total. The van der Waals surface area contributed by atoms with Gasteiger partial charge in [-0.15, -0.1) is 0 Å². The van der Waals surface area contributed by atoms with Gasteiger partial charge in [0.15, 0.2) is 11.5 Å². The summed E-state index contributed by atoms with van der Waals surface area (Å²) in [5, 5.41) is 27.0. The van der Waals surface area contributed by atoms with Crippen LogP contribution in [0.25, 0.3) is 43.8 Å². The molecule has 0 unspecified atom stereocenters. The predicted octanol–water partition coefficient (Wildman–Crippen LogP) is 9.83. The van der Waals surface area contributed by atoms with E-state index in [0.29, 0.717) is 5.69 Å². The third-order valence-corrected chi connectivity index (χ3v) is 8.81. The van der Waals surface area contributed by atoms with Gasteiger partial charge in [-0.3, -0.25) is 15.7 Å². The lowest BCUT2D eigenvalue weighted by Crippen LogP contribution is -2.33. The van der Waals surface area contributed by atoms with Gasteiger partial charge in [-0.2, -0.15) is 0 Å². The molecule has 1 aromatic heterocycles. The second-order valence-electron chi connectivity index (χ2n) is 10.9. The van der Waals surface area contributed by atoms with Crippen molar-refractivity contribution in [2.45, 2.75) is 39.0 Å². The number of anilines is 1. The van der Waals surface area contributed by atoms with Gasteiger partial charge in [-0.1, -0.05) is 129 Å². The standard InChI is InChI=1S/C37H34N4O/c1-4-37(3,5-2)33-23-42-40-34(33)36(39)41(24-38)35-31(29-19-10-15-25-13-6-8-17-27(25)29)21-12-22-32(35)30-20-11-16-26-14-7-9-18-28(26)30/h6-24,38-39H,4-5H2,1-3H3. The van der Waals surface area contributed by atoms with Crippen LogP contribution in [0.2, 0.25) is 0 Å². The molecule has 0 fully saturated rings. The summed E-state index contributed by atoms with van der Waals surface area (Å²) >= 11 is 0. The fourth-order valence-corrected chi connectivity index (χ4v) is 5.98.